The summed E-state index contributed by atoms with van der Waals surface area (Å²) in [6.07, 6.45) is -11.7. The quantitative estimate of drug-likeness (QED) is 0.0287. The molecule has 30 heteroatoms. The van der Waals surface area contributed by atoms with Crippen molar-refractivity contribution in [2.45, 2.75) is 163 Å². The second kappa shape index (κ2) is 39.6. The number of nitrogens with one attached hydrogen (secondary N) is 5. The molecule has 0 aromatic heterocycles. The number of hydrogen-bond donors (Lipinski definition) is 15. The maximum absolute atomic E-state index is 10.4. The molecule has 8 bridgehead atoms. The van der Waals surface area contributed by atoms with Crippen molar-refractivity contribution in [3.63, 3.8) is 0 Å². The third-order valence-corrected chi connectivity index (χ3v) is 14.4. The van der Waals surface area contributed by atoms with E-state index in [0.29, 0.717) is 57.0 Å². The van der Waals surface area contributed by atoms with Gasteiger partial charge in [-0.3, -0.25) is 18.1 Å². The summed E-state index contributed by atoms with van der Waals surface area (Å²) in [6.45, 7) is 24.0. The van der Waals surface area contributed by atoms with Crippen LogP contribution in [0.3, 0.4) is 0 Å². The molecule has 0 amide bonds. The van der Waals surface area contributed by atoms with Crippen LogP contribution in [-0.2, 0) is 103 Å². The molecule has 12 heterocycles. The van der Waals surface area contributed by atoms with E-state index in [9.17, 15) is 51.1 Å². The molecule has 12 saturated heterocycles. The minimum atomic E-state index is -1.42. The van der Waals surface area contributed by atoms with Gasteiger partial charge >= 0.3 is 0 Å². The minimum absolute atomic E-state index is 0. The number of nitrogens with zero attached hydrogens (tertiary/aromatic N) is 2. The smallest absolute Gasteiger partial charge is 0.186 e. The number of aliphatic hydroxyl groups is 10. The first-order valence-electron chi connectivity index (χ1n) is 26.0. The van der Waals surface area contributed by atoms with E-state index in [1.165, 1.54) is 0 Å². The van der Waals surface area contributed by atoms with Gasteiger partial charge in [0.2, 0.25) is 0 Å². The number of hydrogen-bond acceptors (Lipinski definition) is 24. The van der Waals surface area contributed by atoms with E-state index >= 15 is 0 Å². The molecule has 15 N–H and O–H groups in total. The number of rotatable bonds is 17. The molecule has 20 atom stereocenters. The van der Waals surface area contributed by atoms with Crippen molar-refractivity contribution in [2.24, 2.45) is 11.8 Å². The summed E-state index contributed by atoms with van der Waals surface area (Å²) in [5, 5.41) is 118. The van der Waals surface area contributed by atoms with Crippen LogP contribution in [0.2, 0.25) is 0 Å². The van der Waals surface area contributed by atoms with Crippen molar-refractivity contribution < 1.29 is 154 Å². The van der Waals surface area contributed by atoms with Gasteiger partial charge in [0, 0.05) is 118 Å². The van der Waals surface area contributed by atoms with Gasteiger partial charge in [0.05, 0.1) is 48.7 Å². The summed E-state index contributed by atoms with van der Waals surface area (Å²) in [6, 6.07) is 0. The van der Waals surface area contributed by atoms with Gasteiger partial charge in [0.1, 0.15) is 61.0 Å². The third-order valence-electron chi connectivity index (χ3n) is 13.7. The van der Waals surface area contributed by atoms with Crippen LogP contribution < -0.4 is 26.6 Å². The van der Waals surface area contributed by atoms with Gasteiger partial charge in [-0.1, -0.05) is 49.5 Å². The maximum Gasteiger partial charge on any atom is 0.186 e. The predicted molar refractivity (Wildman–Crippen MR) is 289 cm³/mol. The summed E-state index contributed by atoms with van der Waals surface area (Å²) in [5.74, 6) is -0.703. The molecule has 2 radical (unpaired) electrons. The second-order valence-corrected chi connectivity index (χ2v) is 20.9. The number of aliphatic hydroxyl groups excluding tert-OH is 10. The molecule has 0 spiro atoms. The Morgan fingerprint density at radius 2 is 0.899 bits per heavy atom. The summed E-state index contributed by atoms with van der Waals surface area (Å²) in [4.78, 5) is 5.82. The van der Waals surface area contributed by atoms with E-state index in [2.05, 4.69) is 70.9 Å². The molecular formula is C49H85N7O18S3Y2-4. The topological polar surface area (TPSA) is 343 Å². The van der Waals surface area contributed by atoms with Crippen LogP contribution in [0, 0.1) is 38.1 Å². The average Bonchev–Trinajstić information content (AvgIpc) is 3.39. The van der Waals surface area contributed by atoms with E-state index in [0.717, 1.165) is 49.2 Å². The van der Waals surface area contributed by atoms with Gasteiger partial charge in [0.25, 0.3) is 0 Å². The molecule has 0 aromatic carbocycles. The van der Waals surface area contributed by atoms with Crippen molar-refractivity contribution in [1.82, 2.24) is 36.4 Å². The van der Waals surface area contributed by atoms with E-state index in [1.807, 2.05) is 18.7 Å². The fourth-order valence-electron chi connectivity index (χ4n) is 9.35. The molecule has 79 heavy (non-hydrogen) atoms. The maximum atomic E-state index is 10.4. The van der Waals surface area contributed by atoms with E-state index in [4.69, 9.17) is 74.5 Å². The Kier molecular flexibility index (Phi) is 37.7. The zero-order valence-electron chi connectivity index (χ0n) is 45.1. The Morgan fingerprint density at radius 3 is 1.25 bits per heavy atom. The molecule has 0 aliphatic carbocycles. The third kappa shape index (κ3) is 23.7. The van der Waals surface area contributed by atoms with Gasteiger partial charge in [-0.25, -0.2) is 0 Å². The molecule has 0 aromatic rings. The van der Waals surface area contributed by atoms with Crippen LogP contribution >= 0.6 is 36.7 Å². The molecule has 452 valence electrons. The molecule has 0 saturated carbocycles. The second-order valence-electron chi connectivity index (χ2n) is 19.3. The standard InChI is InChI=1S/C17H31N7S3.2C16H27O9.2Y/c1-5-18-13-24(14-19-6-2)17(27)22-9-12-23(10-7-20-15(3)25)11-8-21-16(4)26;2*1-7-8-4-2-3-5-22-15-13(21)11(19)14(9(6-17)24-15)25-16(23-7)12(20)10(8)18;;/h18-19H,1-2,7-14H2,3-4H3,(H,20,25)(H,21,26)(H,22,27);2*7-21H,1-6H2;;/q-2;2*-1;;/t;2*7?,8?,9?,10?,11?,12?,13?,14?,15-,16+;;/m.11../s1. The molecule has 12 rings (SSSR count). The largest absolute Gasteiger partial charge is 0.552 e. The summed E-state index contributed by atoms with van der Waals surface area (Å²) < 4.78 is 44.3. The summed E-state index contributed by atoms with van der Waals surface area (Å²) in [7, 11) is 0. The van der Waals surface area contributed by atoms with Crippen molar-refractivity contribution in [3.05, 3.63) is 39.4 Å². The Labute approximate surface area is 531 Å². The Hall–Kier alpha value is -0.00221. The fourth-order valence-corrected chi connectivity index (χ4v) is 9.79. The van der Waals surface area contributed by atoms with E-state index in [-0.39, 0.29) is 90.5 Å². The Balaban J connectivity index is 0.000000400. The van der Waals surface area contributed by atoms with Gasteiger partial charge < -0.3 is 147 Å². The minimum Gasteiger partial charge on any atom is -0.552 e. The number of ether oxygens (including phenoxy) is 8. The van der Waals surface area contributed by atoms with Crippen LogP contribution in [0.25, 0.3) is 0 Å². The predicted octanol–water partition coefficient (Wildman–Crippen LogP) is -3.86. The van der Waals surface area contributed by atoms with E-state index in [1.54, 1.807) is 0 Å². The van der Waals surface area contributed by atoms with Crippen molar-refractivity contribution in [2.75, 3.05) is 79.0 Å². The van der Waals surface area contributed by atoms with Gasteiger partial charge in [-0.15, -0.1) is 0 Å². The SMILES string of the molecule is C=[C-]NCN(CN[C-]=C)C(=S)NCCN(CCNC(C)=S)CCNC(C)=S.[CH2-]C1O[C@H]2OC3C(CO)O[C@@H](OCCCCC1C(O)C2O)C(O)C3O.[CH2-]C1O[C@H]2OC3C(CO)O[C@@H](OCCCCC1C(O)C2O)C(O)C3O.[Y].[Y]. The molecular weight excluding hydrogens is 1250 g/mol. The summed E-state index contributed by atoms with van der Waals surface area (Å²) >= 11 is 15.6. The first-order valence-corrected chi connectivity index (χ1v) is 27.2. The normalized spacial score (nSPS) is 36.3. The average molecular weight is 1330 g/mol. The fraction of sp³-hybridized carbons (Fsp3) is 0.816. The molecule has 16 unspecified atom stereocenters. The first-order chi connectivity index (χ1) is 36.8. The van der Waals surface area contributed by atoms with Crippen molar-refractivity contribution >= 4 is 51.7 Å². The molecule has 12 aliphatic heterocycles. The van der Waals surface area contributed by atoms with Gasteiger partial charge in [0.15, 0.2) is 30.3 Å². The molecule has 12 aliphatic rings. The van der Waals surface area contributed by atoms with Crippen LogP contribution in [0.5, 0.6) is 0 Å². The number of thiocarbonyl (C=S) groups is 3. The van der Waals surface area contributed by atoms with Gasteiger partial charge in [-0.2, -0.15) is 0 Å². The van der Waals surface area contributed by atoms with Crippen LogP contribution in [0.1, 0.15) is 52.4 Å². The zero-order valence-corrected chi connectivity index (χ0v) is 53.2. The van der Waals surface area contributed by atoms with Crippen LogP contribution in [0.4, 0.5) is 0 Å². The molecule has 12 fully saturated rings. The van der Waals surface area contributed by atoms with Crippen molar-refractivity contribution in [1.29, 1.82) is 0 Å². The van der Waals surface area contributed by atoms with Crippen LogP contribution in [-0.4, -0.2) is 266 Å². The van der Waals surface area contributed by atoms with E-state index < -0.39 is 124 Å². The first kappa shape index (κ1) is 75.1. The zero-order chi connectivity index (χ0) is 56.8. The Bertz CT molecular complexity index is 1670. The Morgan fingerprint density at radius 1 is 0.532 bits per heavy atom. The van der Waals surface area contributed by atoms with Crippen LogP contribution in [0.15, 0.2) is 13.2 Å². The molecule has 25 nitrogen and oxygen atoms in total. The van der Waals surface area contributed by atoms with Gasteiger partial charge in [-0.05, 0) is 63.6 Å². The monoisotopic (exact) mass is 1330 g/mol. The van der Waals surface area contributed by atoms with Crippen molar-refractivity contribution in [3.8, 4) is 0 Å². The summed E-state index contributed by atoms with van der Waals surface area (Å²) in [5.41, 5.74) is 0.